The lowest BCUT2D eigenvalue weighted by molar-refractivity contribution is -0.125. The molecule has 19 heavy (non-hydrogen) atoms. The molecule has 1 aliphatic rings. The van der Waals surface area contributed by atoms with Gasteiger partial charge in [0.2, 0.25) is 5.91 Å². The summed E-state index contributed by atoms with van der Waals surface area (Å²) in [6, 6.07) is 6.98. The van der Waals surface area contributed by atoms with Gasteiger partial charge in [-0.05, 0) is 18.6 Å². The number of carbonyl (C=O) groups is 2. The highest BCUT2D eigenvalue weighted by Crippen LogP contribution is 2.24. The fraction of sp³-hybridized carbons (Fsp3) is 0.429. The molecule has 0 aliphatic carbocycles. The number of nitrogens with one attached hydrogen (secondary N) is 1. The number of hydrogen-bond donors (Lipinski definition) is 1. The Morgan fingerprint density at radius 2 is 2.21 bits per heavy atom. The highest BCUT2D eigenvalue weighted by atomic mass is 16.5. The Labute approximate surface area is 112 Å². The molecule has 0 saturated heterocycles. The van der Waals surface area contributed by atoms with Crippen molar-refractivity contribution in [2.75, 3.05) is 20.3 Å². The van der Waals surface area contributed by atoms with Crippen molar-refractivity contribution in [2.24, 2.45) is 0 Å². The molecule has 102 valence electrons. The van der Waals surface area contributed by atoms with Crippen LogP contribution in [-0.4, -0.2) is 43.0 Å². The maximum absolute atomic E-state index is 12.2. The van der Waals surface area contributed by atoms with Crippen molar-refractivity contribution in [3.63, 3.8) is 0 Å². The normalized spacial score (nSPS) is 15.3. The van der Waals surface area contributed by atoms with Crippen LogP contribution in [0.25, 0.3) is 0 Å². The van der Waals surface area contributed by atoms with E-state index in [1.807, 2.05) is 18.2 Å². The lowest BCUT2D eigenvalue weighted by atomic mass is 10.1. The maximum atomic E-state index is 12.2. The summed E-state index contributed by atoms with van der Waals surface area (Å²) in [5.74, 6) is -0.233. The van der Waals surface area contributed by atoms with E-state index in [9.17, 15) is 9.59 Å². The maximum Gasteiger partial charge on any atom is 0.255 e. The minimum absolute atomic E-state index is 0.0787. The second kappa shape index (κ2) is 5.84. The van der Waals surface area contributed by atoms with Crippen molar-refractivity contribution in [3.05, 3.63) is 35.4 Å². The Balaban J connectivity index is 2.00. The second-order valence-electron chi connectivity index (χ2n) is 4.55. The van der Waals surface area contributed by atoms with Crippen LogP contribution in [0.1, 0.15) is 22.8 Å². The van der Waals surface area contributed by atoms with E-state index in [1.54, 1.807) is 25.0 Å². The van der Waals surface area contributed by atoms with E-state index < -0.39 is 6.04 Å². The average Bonchev–Trinajstić information content (AvgIpc) is 2.76. The Morgan fingerprint density at radius 1 is 1.47 bits per heavy atom. The van der Waals surface area contributed by atoms with Gasteiger partial charge in [0, 0.05) is 25.8 Å². The number of benzene rings is 1. The topological polar surface area (TPSA) is 58.6 Å². The van der Waals surface area contributed by atoms with Gasteiger partial charge in [-0.3, -0.25) is 9.59 Å². The van der Waals surface area contributed by atoms with Crippen LogP contribution in [0.3, 0.4) is 0 Å². The van der Waals surface area contributed by atoms with E-state index in [-0.39, 0.29) is 11.8 Å². The van der Waals surface area contributed by atoms with Gasteiger partial charge in [0.05, 0.1) is 6.61 Å². The molecule has 0 fully saturated rings. The predicted molar refractivity (Wildman–Crippen MR) is 70.7 cm³/mol. The van der Waals surface area contributed by atoms with Gasteiger partial charge < -0.3 is 15.0 Å². The number of ether oxygens (including phenoxy) is 1. The van der Waals surface area contributed by atoms with Crippen LogP contribution in [0, 0.1) is 0 Å². The first kappa shape index (κ1) is 13.5. The molecule has 0 spiro atoms. The first-order valence-electron chi connectivity index (χ1n) is 6.30. The summed E-state index contributed by atoms with van der Waals surface area (Å²) in [4.78, 5) is 25.7. The van der Waals surface area contributed by atoms with Gasteiger partial charge in [0.15, 0.2) is 0 Å². The SMILES string of the molecule is COCCNC(=O)C(C)N1Cc2ccccc2C1=O. The summed E-state index contributed by atoms with van der Waals surface area (Å²) >= 11 is 0. The van der Waals surface area contributed by atoms with Crippen molar-refractivity contribution in [1.29, 1.82) is 0 Å². The van der Waals surface area contributed by atoms with E-state index in [4.69, 9.17) is 4.74 Å². The molecule has 2 rings (SSSR count). The summed E-state index contributed by atoms with van der Waals surface area (Å²) in [5.41, 5.74) is 1.67. The lowest BCUT2D eigenvalue weighted by Crippen LogP contribution is -2.45. The molecule has 0 bridgehead atoms. The molecule has 1 heterocycles. The zero-order valence-corrected chi connectivity index (χ0v) is 11.2. The Hall–Kier alpha value is -1.88. The van der Waals surface area contributed by atoms with Gasteiger partial charge in [-0.25, -0.2) is 0 Å². The van der Waals surface area contributed by atoms with Crippen molar-refractivity contribution < 1.29 is 14.3 Å². The Bertz CT molecular complexity index is 487. The summed E-state index contributed by atoms with van der Waals surface area (Å²) in [7, 11) is 1.58. The fourth-order valence-electron chi connectivity index (χ4n) is 2.16. The highest BCUT2D eigenvalue weighted by Gasteiger charge is 2.33. The first-order valence-corrected chi connectivity index (χ1v) is 6.30. The smallest absolute Gasteiger partial charge is 0.255 e. The lowest BCUT2D eigenvalue weighted by Gasteiger charge is -2.23. The molecule has 1 aliphatic heterocycles. The molecule has 1 unspecified atom stereocenters. The van der Waals surface area contributed by atoms with E-state index >= 15 is 0 Å². The zero-order chi connectivity index (χ0) is 13.8. The molecule has 0 saturated carbocycles. The molecule has 0 radical (unpaired) electrons. The van der Waals surface area contributed by atoms with E-state index in [1.165, 1.54) is 0 Å². The van der Waals surface area contributed by atoms with Crippen LogP contribution in [0.15, 0.2) is 24.3 Å². The molecular formula is C14H18N2O3. The van der Waals surface area contributed by atoms with Crippen LogP contribution in [0.4, 0.5) is 0 Å². The average molecular weight is 262 g/mol. The summed E-state index contributed by atoms with van der Waals surface area (Å²) in [6.07, 6.45) is 0. The molecule has 5 nitrogen and oxygen atoms in total. The molecule has 5 heteroatoms. The van der Waals surface area contributed by atoms with Crippen LogP contribution in [-0.2, 0) is 16.1 Å². The van der Waals surface area contributed by atoms with Gasteiger partial charge in [0.25, 0.3) is 5.91 Å². The highest BCUT2D eigenvalue weighted by molar-refractivity contribution is 6.00. The molecule has 1 aromatic carbocycles. The molecule has 2 amide bonds. The fourth-order valence-corrected chi connectivity index (χ4v) is 2.16. The van der Waals surface area contributed by atoms with Crippen molar-refractivity contribution in [3.8, 4) is 0 Å². The van der Waals surface area contributed by atoms with Gasteiger partial charge in [-0.2, -0.15) is 0 Å². The van der Waals surface area contributed by atoms with Crippen molar-refractivity contribution >= 4 is 11.8 Å². The predicted octanol–water partition coefficient (Wildman–Crippen LogP) is 0.793. The second-order valence-corrected chi connectivity index (χ2v) is 4.55. The third-order valence-electron chi connectivity index (χ3n) is 3.30. The van der Waals surface area contributed by atoms with Gasteiger partial charge in [0.1, 0.15) is 6.04 Å². The number of fused-ring (bicyclic) bond motifs is 1. The minimum atomic E-state index is -0.475. The summed E-state index contributed by atoms with van der Waals surface area (Å²) < 4.78 is 4.87. The number of carbonyl (C=O) groups excluding carboxylic acids is 2. The number of rotatable bonds is 5. The van der Waals surface area contributed by atoms with E-state index in [2.05, 4.69) is 5.32 Å². The minimum Gasteiger partial charge on any atom is -0.383 e. The molecule has 1 aromatic rings. The number of methoxy groups -OCH3 is 1. The largest absolute Gasteiger partial charge is 0.383 e. The van der Waals surface area contributed by atoms with Crippen molar-refractivity contribution in [1.82, 2.24) is 10.2 Å². The molecule has 1 atom stereocenters. The van der Waals surface area contributed by atoms with Crippen molar-refractivity contribution in [2.45, 2.75) is 19.5 Å². The molecular weight excluding hydrogens is 244 g/mol. The van der Waals surface area contributed by atoms with E-state index in [0.717, 1.165) is 5.56 Å². The zero-order valence-electron chi connectivity index (χ0n) is 11.2. The van der Waals surface area contributed by atoms with Crippen LogP contribution in [0.5, 0.6) is 0 Å². The first-order chi connectivity index (χ1) is 9.15. The van der Waals surface area contributed by atoms with Crippen LogP contribution < -0.4 is 5.32 Å². The number of nitrogens with zero attached hydrogens (tertiary/aromatic N) is 1. The monoisotopic (exact) mass is 262 g/mol. The number of hydrogen-bond acceptors (Lipinski definition) is 3. The molecule has 1 N–H and O–H groups in total. The Kier molecular flexibility index (Phi) is 4.16. The van der Waals surface area contributed by atoms with Gasteiger partial charge >= 0.3 is 0 Å². The third kappa shape index (κ3) is 2.76. The third-order valence-corrected chi connectivity index (χ3v) is 3.30. The Morgan fingerprint density at radius 3 is 2.89 bits per heavy atom. The number of amides is 2. The standard InChI is InChI=1S/C14H18N2O3/c1-10(13(17)15-7-8-19-2)16-9-11-5-3-4-6-12(11)14(16)18/h3-6,10H,7-9H2,1-2H3,(H,15,17). The van der Waals surface area contributed by atoms with Crippen LogP contribution in [0.2, 0.25) is 0 Å². The summed E-state index contributed by atoms with van der Waals surface area (Å²) in [6.45, 7) is 3.15. The quantitative estimate of drug-likeness (QED) is 0.798. The van der Waals surface area contributed by atoms with Crippen LogP contribution >= 0.6 is 0 Å². The van der Waals surface area contributed by atoms with Gasteiger partial charge in [-0.1, -0.05) is 18.2 Å². The summed E-state index contributed by atoms with van der Waals surface area (Å²) in [5, 5.41) is 2.75. The van der Waals surface area contributed by atoms with Gasteiger partial charge in [-0.15, -0.1) is 0 Å². The molecule has 0 aromatic heterocycles. The van der Waals surface area contributed by atoms with E-state index in [0.29, 0.717) is 25.3 Å².